The van der Waals surface area contributed by atoms with Gasteiger partial charge in [0.25, 0.3) is 11.5 Å². The van der Waals surface area contributed by atoms with Crippen molar-refractivity contribution >= 4 is 22.4 Å². The van der Waals surface area contributed by atoms with Gasteiger partial charge in [-0.1, -0.05) is 18.2 Å². The molecule has 0 bridgehead atoms. The number of aromatic amines is 1. The molecule has 1 fully saturated rings. The minimum atomic E-state index is -0.286. The Morgan fingerprint density at radius 1 is 1.15 bits per heavy atom. The van der Waals surface area contributed by atoms with Crippen LogP contribution < -0.4 is 15.6 Å². The van der Waals surface area contributed by atoms with Crippen LogP contribution in [0.5, 0.6) is 5.75 Å². The molecule has 0 radical (unpaired) electrons. The van der Waals surface area contributed by atoms with Gasteiger partial charge < -0.3 is 19.8 Å². The van der Waals surface area contributed by atoms with Gasteiger partial charge in [-0.25, -0.2) is 0 Å². The summed E-state index contributed by atoms with van der Waals surface area (Å²) >= 11 is 0. The molecule has 2 aromatic carbocycles. The highest BCUT2D eigenvalue weighted by Gasteiger charge is 2.18. The van der Waals surface area contributed by atoms with E-state index in [1.807, 2.05) is 6.07 Å². The number of para-hydroxylation sites is 1. The van der Waals surface area contributed by atoms with Crippen molar-refractivity contribution in [2.24, 2.45) is 0 Å². The molecule has 1 saturated heterocycles. The number of hydrogen-bond donors (Lipinski definition) is 2. The van der Waals surface area contributed by atoms with Crippen LogP contribution in [0, 0.1) is 0 Å². The van der Waals surface area contributed by atoms with Crippen molar-refractivity contribution in [3.05, 3.63) is 70.6 Å². The average Bonchev–Trinajstić information content (AvgIpc) is 3.21. The summed E-state index contributed by atoms with van der Waals surface area (Å²) in [6.07, 6.45) is 3.65. The maximum atomic E-state index is 12.9. The van der Waals surface area contributed by atoms with Gasteiger partial charge in [0, 0.05) is 29.3 Å². The fourth-order valence-electron chi connectivity index (χ4n) is 3.26. The lowest BCUT2D eigenvalue weighted by atomic mass is 10.1. The number of amides is 1. The van der Waals surface area contributed by atoms with Gasteiger partial charge in [-0.05, 0) is 43.2 Å². The van der Waals surface area contributed by atoms with Crippen LogP contribution in [0.3, 0.4) is 0 Å². The van der Waals surface area contributed by atoms with E-state index in [-0.39, 0.29) is 17.6 Å². The second-order valence-electron chi connectivity index (χ2n) is 6.47. The molecular formula is C21H20N2O4. The predicted octanol–water partition coefficient (Wildman–Crippen LogP) is 3.34. The molecule has 1 amide bonds. The maximum Gasteiger partial charge on any atom is 0.259 e. The predicted molar refractivity (Wildman–Crippen MR) is 103 cm³/mol. The Kier molecular flexibility index (Phi) is 4.89. The first kappa shape index (κ1) is 17.3. The summed E-state index contributed by atoms with van der Waals surface area (Å²) in [4.78, 5) is 27.4. The number of hydrogen-bond acceptors (Lipinski definition) is 4. The van der Waals surface area contributed by atoms with Gasteiger partial charge in [0.1, 0.15) is 12.4 Å². The molecule has 1 atom stereocenters. The first-order valence-corrected chi connectivity index (χ1v) is 8.97. The second kappa shape index (κ2) is 7.63. The number of carbonyl (C=O) groups is 1. The standard InChI is InChI=1S/C21H20N2O4/c24-20-16-7-3-8-18(15(16)10-11-22-20)23-21(25)17-6-1-2-9-19(17)27-13-14-5-4-12-26-14/h1-3,6-11,14H,4-5,12-13H2,(H,22,24)(H,23,25). The third-order valence-electron chi connectivity index (χ3n) is 4.64. The van der Waals surface area contributed by atoms with Gasteiger partial charge in [-0.15, -0.1) is 0 Å². The molecule has 138 valence electrons. The SMILES string of the molecule is O=C(Nc1cccc2c(=O)[nH]ccc12)c1ccccc1OCC1CCCO1. The maximum absolute atomic E-state index is 12.9. The number of nitrogens with one attached hydrogen (secondary N) is 2. The van der Waals surface area contributed by atoms with E-state index < -0.39 is 0 Å². The van der Waals surface area contributed by atoms with Gasteiger partial charge in [0.15, 0.2) is 0 Å². The summed E-state index contributed by atoms with van der Waals surface area (Å²) < 4.78 is 11.4. The Morgan fingerprint density at radius 3 is 2.89 bits per heavy atom. The van der Waals surface area contributed by atoms with Gasteiger partial charge >= 0.3 is 0 Å². The van der Waals surface area contributed by atoms with Crippen molar-refractivity contribution in [1.82, 2.24) is 4.98 Å². The monoisotopic (exact) mass is 364 g/mol. The largest absolute Gasteiger partial charge is 0.490 e. The minimum Gasteiger partial charge on any atom is -0.490 e. The van der Waals surface area contributed by atoms with E-state index in [0.29, 0.717) is 34.4 Å². The van der Waals surface area contributed by atoms with Gasteiger partial charge in [0.2, 0.25) is 0 Å². The van der Waals surface area contributed by atoms with Gasteiger partial charge in [-0.3, -0.25) is 9.59 Å². The summed E-state index contributed by atoms with van der Waals surface area (Å²) in [6.45, 7) is 1.18. The summed E-state index contributed by atoms with van der Waals surface area (Å²) in [7, 11) is 0. The first-order valence-electron chi connectivity index (χ1n) is 8.97. The molecule has 3 aromatic rings. The van der Waals surface area contributed by atoms with E-state index in [2.05, 4.69) is 10.3 Å². The Morgan fingerprint density at radius 2 is 2.04 bits per heavy atom. The molecule has 1 aliphatic heterocycles. The molecule has 2 N–H and O–H groups in total. The van der Waals surface area contributed by atoms with Crippen LogP contribution in [0.2, 0.25) is 0 Å². The topological polar surface area (TPSA) is 80.4 Å². The number of ether oxygens (including phenoxy) is 2. The van der Waals surface area contributed by atoms with Gasteiger partial charge in [-0.2, -0.15) is 0 Å². The molecule has 0 aliphatic carbocycles. The van der Waals surface area contributed by atoms with E-state index >= 15 is 0 Å². The second-order valence-corrected chi connectivity index (χ2v) is 6.47. The molecule has 4 rings (SSSR count). The molecule has 1 aromatic heterocycles. The zero-order valence-electron chi connectivity index (χ0n) is 14.7. The lowest BCUT2D eigenvalue weighted by Crippen LogP contribution is -2.19. The van der Waals surface area contributed by atoms with Crippen molar-refractivity contribution < 1.29 is 14.3 Å². The molecule has 0 saturated carbocycles. The lowest BCUT2D eigenvalue weighted by molar-refractivity contribution is 0.0673. The molecular weight excluding hydrogens is 344 g/mol. The molecule has 1 aliphatic rings. The number of benzene rings is 2. The Labute approximate surface area is 156 Å². The summed E-state index contributed by atoms with van der Waals surface area (Å²) in [6, 6.07) is 14.1. The van der Waals surface area contributed by atoms with Crippen LogP contribution in [-0.2, 0) is 4.74 Å². The molecule has 0 spiro atoms. The number of pyridine rings is 1. The molecule has 2 heterocycles. The highest BCUT2D eigenvalue weighted by atomic mass is 16.5. The van der Waals surface area contributed by atoms with Crippen LogP contribution >= 0.6 is 0 Å². The van der Waals surface area contributed by atoms with Crippen molar-refractivity contribution in [2.75, 3.05) is 18.5 Å². The Hall–Kier alpha value is -3.12. The van der Waals surface area contributed by atoms with Crippen LogP contribution in [0.15, 0.2) is 59.5 Å². The summed E-state index contributed by atoms with van der Waals surface area (Å²) in [5, 5.41) is 4.11. The van der Waals surface area contributed by atoms with Gasteiger partial charge in [0.05, 0.1) is 11.7 Å². The van der Waals surface area contributed by atoms with Crippen molar-refractivity contribution in [3.63, 3.8) is 0 Å². The highest BCUT2D eigenvalue weighted by Crippen LogP contribution is 2.24. The third kappa shape index (κ3) is 3.71. The average molecular weight is 364 g/mol. The minimum absolute atomic E-state index is 0.0749. The van der Waals surface area contributed by atoms with Crippen molar-refractivity contribution in [1.29, 1.82) is 0 Å². The van der Waals surface area contributed by atoms with Crippen LogP contribution in [0.1, 0.15) is 23.2 Å². The van der Waals surface area contributed by atoms with Crippen molar-refractivity contribution in [3.8, 4) is 5.75 Å². The summed E-state index contributed by atoms with van der Waals surface area (Å²) in [5.41, 5.74) is 0.832. The van der Waals surface area contributed by atoms with Crippen LogP contribution in [-0.4, -0.2) is 30.2 Å². The summed E-state index contributed by atoms with van der Waals surface area (Å²) in [5.74, 6) is 0.231. The normalized spacial score (nSPS) is 16.4. The van der Waals surface area contributed by atoms with Crippen molar-refractivity contribution in [2.45, 2.75) is 18.9 Å². The zero-order valence-corrected chi connectivity index (χ0v) is 14.7. The fourth-order valence-corrected chi connectivity index (χ4v) is 3.26. The van der Waals surface area contributed by atoms with Crippen LogP contribution in [0.25, 0.3) is 10.8 Å². The quantitative estimate of drug-likeness (QED) is 0.728. The molecule has 6 heteroatoms. The zero-order chi connectivity index (χ0) is 18.6. The fraction of sp³-hybridized carbons (Fsp3) is 0.238. The number of H-pyrrole nitrogens is 1. The number of anilines is 1. The number of fused-ring (bicyclic) bond motifs is 1. The first-order chi connectivity index (χ1) is 13.2. The lowest BCUT2D eigenvalue weighted by Gasteiger charge is -2.15. The Balaban J connectivity index is 1.57. The van der Waals surface area contributed by atoms with E-state index in [4.69, 9.17) is 9.47 Å². The highest BCUT2D eigenvalue weighted by molar-refractivity contribution is 6.10. The number of aromatic nitrogens is 1. The third-order valence-corrected chi connectivity index (χ3v) is 4.64. The van der Waals surface area contributed by atoms with Crippen LogP contribution in [0.4, 0.5) is 5.69 Å². The van der Waals surface area contributed by atoms with E-state index in [9.17, 15) is 9.59 Å². The number of rotatable bonds is 5. The Bertz CT molecular complexity index is 1020. The molecule has 6 nitrogen and oxygen atoms in total. The smallest absolute Gasteiger partial charge is 0.259 e. The molecule has 27 heavy (non-hydrogen) atoms. The molecule has 1 unspecified atom stereocenters. The van der Waals surface area contributed by atoms with E-state index in [1.165, 1.54) is 0 Å². The van der Waals surface area contributed by atoms with E-state index in [0.717, 1.165) is 19.4 Å². The number of carbonyl (C=O) groups excluding carboxylic acids is 1. The van der Waals surface area contributed by atoms with E-state index in [1.54, 1.807) is 48.7 Å².